The summed E-state index contributed by atoms with van der Waals surface area (Å²) < 4.78 is 7.59. The predicted molar refractivity (Wildman–Crippen MR) is 95.9 cm³/mol. The van der Waals surface area contributed by atoms with Gasteiger partial charge >= 0.3 is 0 Å². The molecule has 132 valence electrons. The van der Waals surface area contributed by atoms with Crippen molar-refractivity contribution in [2.45, 2.75) is 25.0 Å². The fraction of sp³-hybridized carbons (Fsp3) is 0.450. The van der Waals surface area contributed by atoms with Crippen LogP contribution in [-0.4, -0.2) is 46.9 Å². The summed E-state index contributed by atoms with van der Waals surface area (Å²) in [6.07, 6.45) is 0.619. The third-order valence-electron chi connectivity index (χ3n) is 5.21. The largest absolute Gasteiger partial charge is 0.491 e. The summed E-state index contributed by atoms with van der Waals surface area (Å²) in [5.41, 5.74) is 1.25. The Balaban J connectivity index is 1.36. The Kier molecular flexibility index (Phi) is 4.59. The van der Waals surface area contributed by atoms with E-state index in [1.807, 2.05) is 41.0 Å². The van der Waals surface area contributed by atoms with Gasteiger partial charge in [-0.2, -0.15) is 0 Å². The van der Waals surface area contributed by atoms with Gasteiger partial charge in [0.2, 0.25) is 0 Å². The Morgan fingerprint density at radius 1 is 1.08 bits per heavy atom. The Bertz CT molecular complexity index is 774. The fourth-order valence-corrected chi connectivity index (χ4v) is 4.20. The summed E-state index contributed by atoms with van der Waals surface area (Å²) in [6, 6.07) is 15.2. The van der Waals surface area contributed by atoms with Gasteiger partial charge in [-0.3, -0.25) is 9.69 Å². The molecule has 2 aliphatic rings. The molecule has 2 aliphatic heterocycles. The van der Waals surface area contributed by atoms with E-state index in [9.17, 15) is 9.90 Å². The van der Waals surface area contributed by atoms with Gasteiger partial charge in [0.05, 0.1) is 0 Å². The number of piperidine rings is 1. The highest BCUT2D eigenvalue weighted by molar-refractivity contribution is 5.21. The van der Waals surface area contributed by atoms with E-state index in [0.717, 1.165) is 37.5 Å². The van der Waals surface area contributed by atoms with Crippen LogP contribution in [0.15, 0.2) is 53.3 Å². The average Bonchev–Trinajstić information content (AvgIpc) is 2.62. The number of benzene rings is 1. The van der Waals surface area contributed by atoms with E-state index in [1.54, 1.807) is 6.07 Å². The van der Waals surface area contributed by atoms with Gasteiger partial charge in [-0.05, 0) is 30.5 Å². The molecule has 1 aromatic carbocycles. The molecule has 0 spiro atoms. The molecule has 25 heavy (non-hydrogen) atoms. The van der Waals surface area contributed by atoms with Crippen molar-refractivity contribution in [3.8, 4) is 5.75 Å². The summed E-state index contributed by atoms with van der Waals surface area (Å²) in [5.74, 6) is 1.64. The molecule has 2 bridgehead atoms. The molecular formula is C20H24N2O3. The minimum atomic E-state index is -0.517. The maximum atomic E-state index is 12.1. The molecule has 5 heteroatoms. The van der Waals surface area contributed by atoms with Crippen LogP contribution in [0.4, 0.5) is 0 Å². The normalized spacial score (nSPS) is 23.7. The topological polar surface area (TPSA) is 54.7 Å². The highest BCUT2D eigenvalue weighted by Crippen LogP contribution is 2.34. The molecule has 1 unspecified atom stereocenters. The van der Waals surface area contributed by atoms with Crippen LogP contribution in [-0.2, 0) is 6.54 Å². The van der Waals surface area contributed by atoms with E-state index in [4.69, 9.17) is 4.74 Å². The zero-order valence-corrected chi connectivity index (χ0v) is 14.3. The van der Waals surface area contributed by atoms with E-state index >= 15 is 0 Å². The zero-order valence-electron chi connectivity index (χ0n) is 14.3. The van der Waals surface area contributed by atoms with Crippen molar-refractivity contribution in [3.63, 3.8) is 0 Å². The van der Waals surface area contributed by atoms with Crippen molar-refractivity contribution in [2.75, 3.05) is 26.2 Å². The van der Waals surface area contributed by atoms with E-state index in [1.165, 1.54) is 0 Å². The summed E-state index contributed by atoms with van der Waals surface area (Å²) in [4.78, 5) is 14.4. The molecule has 0 aliphatic carbocycles. The third kappa shape index (κ3) is 3.62. The lowest BCUT2D eigenvalue weighted by atomic mass is 9.83. The number of aliphatic hydroxyl groups is 1. The van der Waals surface area contributed by atoms with Gasteiger partial charge in [0.15, 0.2) is 0 Å². The molecule has 1 fully saturated rings. The van der Waals surface area contributed by atoms with Gasteiger partial charge in [0, 0.05) is 43.9 Å². The Labute approximate surface area is 147 Å². The van der Waals surface area contributed by atoms with Crippen LogP contribution in [0, 0.1) is 5.92 Å². The smallest absolute Gasteiger partial charge is 0.250 e. The van der Waals surface area contributed by atoms with Crippen molar-refractivity contribution in [3.05, 3.63) is 64.6 Å². The molecule has 0 radical (unpaired) electrons. The average molecular weight is 340 g/mol. The molecule has 1 aromatic heterocycles. The van der Waals surface area contributed by atoms with Crippen molar-refractivity contribution >= 4 is 0 Å². The number of ether oxygens (including phenoxy) is 1. The number of hydrogen-bond acceptors (Lipinski definition) is 4. The van der Waals surface area contributed by atoms with Crippen LogP contribution >= 0.6 is 0 Å². The van der Waals surface area contributed by atoms with Gasteiger partial charge < -0.3 is 14.4 Å². The summed E-state index contributed by atoms with van der Waals surface area (Å²) in [7, 11) is 0. The molecule has 1 saturated heterocycles. The standard InChI is InChI=1S/C20H24N2O3/c23-17(14-25-18-5-2-1-3-6-18)13-21-10-15-9-16(12-21)19-7-4-8-20(24)22(19)11-15/h1-8,15-17,23H,9-14H2/t15-,16+,17?/m0/s1. The quantitative estimate of drug-likeness (QED) is 0.900. The van der Waals surface area contributed by atoms with Gasteiger partial charge in [-0.1, -0.05) is 24.3 Å². The van der Waals surface area contributed by atoms with E-state index in [2.05, 4.69) is 11.0 Å². The minimum absolute atomic E-state index is 0.108. The monoisotopic (exact) mass is 340 g/mol. The van der Waals surface area contributed by atoms with Crippen molar-refractivity contribution in [2.24, 2.45) is 5.92 Å². The van der Waals surface area contributed by atoms with Crippen molar-refractivity contribution in [1.29, 1.82) is 0 Å². The van der Waals surface area contributed by atoms with Gasteiger partial charge in [0.25, 0.3) is 5.56 Å². The lowest BCUT2D eigenvalue weighted by molar-refractivity contribution is 0.0384. The summed E-state index contributed by atoms with van der Waals surface area (Å²) >= 11 is 0. The minimum Gasteiger partial charge on any atom is -0.491 e. The Hall–Kier alpha value is -2.11. The van der Waals surface area contributed by atoms with Crippen LogP contribution < -0.4 is 10.3 Å². The van der Waals surface area contributed by atoms with Crippen LogP contribution in [0.5, 0.6) is 5.75 Å². The molecule has 0 saturated carbocycles. The first-order valence-corrected chi connectivity index (χ1v) is 8.97. The fourth-order valence-electron chi connectivity index (χ4n) is 4.20. The number of nitrogens with zero attached hydrogens (tertiary/aromatic N) is 2. The second kappa shape index (κ2) is 7.02. The van der Waals surface area contributed by atoms with E-state index < -0.39 is 6.10 Å². The predicted octanol–water partition coefficient (Wildman–Crippen LogP) is 1.71. The first kappa shape index (κ1) is 16.4. The van der Waals surface area contributed by atoms with Gasteiger partial charge in [-0.15, -0.1) is 0 Å². The van der Waals surface area contributed by atoms with Crippen LogP contribution in [0.1, 0.15) is 18.0 Å². The number of likely N-dealkylation sites (tertiary alicyclic amines) is 1. The Morgan fingerprint density at radius 2 is 1.92 bits per heavy atom. The summed E-state index contributed by atoms with van der Waals surface area (Å²) in [6.45, 7) is 3.52. The van der Waals surface area contributed by atoms with Crippen molar-refractivity contribution in [1.82, 2.24) is 9.47 Å². The second-order valence-electron chi connectivity index (χ2n) is 7.19. The zero-order chi connectivity index (χ0) is 17.2. The number of hydrogen-bond donors (Lipinski definition) is 1. The van der Waals surface area contributed by atoms with E-state index in [0.29, 0.717) is 25.0 Å². The number of fused-ring (bicyclic) bond motifs is 4. The first-order chi connectivity index (χ1) is 12.2. The highest BCUT2D eigenvalue weighted by Gasteiger charge is 2.34. The van der Waals surface area contributed by atoms with E-state index in [-0.39, 0.29) is 5.56 Å². The highest BCUT2D eigenvalue weighted by atomic mass is 16.5. The third-order valence-corrected chi connectivity index (χ3v) is 5.21. The molecule has 3 heterocycles. The molecule has 2 aromatic rings. The number of rotatable bonds is 5. The molecule has 0 amide bonds. The summed E-state index contributed by atoms with van der Waals surface area (Å²) in [5, 5.41) is 10.3. The van der Waals surface area contributed by atoms with Gasteiger partial charge in [0.1, 0.15) is 18.5 Å². The second-order valence-corrected chi connectivity index (χ2v) is 7.19. The van der Waals surface area contributed by atoms with Crippen LogP contribution in [0.25, 0.3) is 0 Å². The number of pyridine rings is 1. The SMILES string of the molecule is O=c1cccc2n1C[C@H]1C[C@@H]2CN(CC(O)COc2ccccc2)C1. The van der Waals surface area contributed by atoms with Gasteiger partial charge in [-0.25, -0.2) is 0 Å². The first-order valence-electron chi connectivity index (χ1n) is 8.97. The number of aliphatic hydroxyl groups excluding tert-OH is 1. The molecule has 4 rings (SSSR count). The molecule has 5 nitrogen and oxygen atoms in total. The maximum Gasteiger partial charge on any atom is 0.250 e. The maximum absolute atomic E-state index is 12.1. The number of β-amino-alcohol motifs (C(OH)–C–C–N with tert-alkyl or cyclic N) is 1. The van der Waals surface area contributed by atoms with Crippen molar-refractivity contribution < 1.29 is 9.84 Å². The lowest BCUT2D eigenvalue weighted by Gasteiger charge is -2.43. The lowest BCUT2D eigenvalue weighted by Crippen LogP contribution is -2.49. The molecular weight excluding hydrogens is 316 g/mol. The number of para-hydroxylation sites is 1. The van der Waals surface area contributed by atoms with Crippen LogP contribution in [0.3, 0.4) is 0 Å². The number of aromatic nitrogens is 1. The molecule has 3 atom stereocenters. The van der Waals surface area contributed by atoms with Crippen LogP contribution in [0.2, 0.25) is 0 Å². The Morgan fingerprint density at radius 3 is 2.76 bits per heavy atom. The molecule has 1 N–H and O–H groups in total.